The molecule has 0 aliphatic carbocycles. The molecule has 0 atom stereocenters. The molecule has 1 N–H and O–H groups in total. The van der Waals surface area contributed by atoms with Crippen LogP contribution in [0.25, 0.3) is 6.08 Å². The molecule has 0 unspecified atom stereocenters. The molecule has 1 amide bonds. The second-order valence-corrected chi connectivity index (χ2v) is 8.97. The van der Waals surface area contributed by atoms with Crippen molar-refractivity contribution in [3.05, 3.63) is 129 Å². The summed E-state index contributed by atoms with van der Waals surface area (Å²) < 4.78 is 24.8. The van der Waals surface area contributed by atoms with Gasteiger partial charge in [-0.3, -0.25) is 4.79 Å². The van der Waals surface area contributed by atoms with Gasteiger partial charge in [0.25, 0.3) is 5.91 Å². The van der Waals surface area contributed by atoms with E-state index in [1.807, 2.05) is 24.3 Å². The Bertz CT molecular complexity index is 1500. The minimum Gasteiger partial charge on any atom is -0.489 e. The second-order valence-electron chi connectivity index (χ2n) is 8.13. The van der Waals surface area contributed by atoms with Crippen molar-refractivity contribution in [3.8, 4) is 17.6 Å². The van der Waals surface area contributed by atoms with Crippen molar-refractivity contribution in [1.29, 1.82) is 5.26 Å². The molecule has 0 aliphatic rings. The number of hydrogen-bond acceptors (Lipinski definition) is 4. The smallest absolute Gasteiger partial charge is 0.266 e. The lowest BCUT2D eigenvalue weighted by Crippen LogP contribution is -2.13. The molecule has 38 heavy (non-hydrogen) atoms. The van der Waals surface area contributed by atoms with Crippen molar-refractivity contribution in [1.82, 2.24) is 0 Å². The van der Waals surface area contributed by atoms with Gasteiger partial charge in [0, 0.05) is 26.9 Å². The topological polar surface area (TPSA) is 71.3 Å². The lowest BCUT2D eigenvalue weighted by atomic mass is 10.1. The van der Waals surface area contributed by atoms with Gasteiger partial charge in [0.05, 0.1) is 0 Å². The Morgan fingerprint density at radius 3 is 2.37 bits per heavy atom. The highest BCUT2D eigenvalue weighted by Crippen LogP contribution is 2.27. The lowest BCUT2D eigenvalue weighted by Gasteiger charge is -2.11. The number of carbonyl (C=O) groups is 1. The molecule has 0 radical (unpaired) electrons. The van der Waals surface area contributed by atoms with E-state index in [4.69, 9.17) is 32.7 Å². The van der Waals surface area contributed by atoms with Gasteiger partial charge >= 0.3 is 0 Å². The van der Waals surface area contributed by atoms with Crippen LogP contribution in [-0.4, -0.2) is 5.91 Å². The SMILES string of the molecule is N#C/C(=C\c1cc(Cl)ccc1OCc1ccc(F)cc1)C(=O)Nc1ccc(OCc2ccccc2Cl)cc1. The van der Waals surface area contributed by atoms with Crippen LogP contribution in [0.15, 0.2) is 96.6 Å². The van der Waals surface area contributed by atoms with Crippen LogP contribution in [0.4, 0.5) is 10.1 Å². The van der Waals surface area contributed by atoms with Gasteiger partial charge in [-0.15, -0.1) is 0 Å². The fourth-order valence-electron chi connectivity index (χ4n) is 3.42. The maximum absolute atomic E-state index is 13.2. The average molecular weight is 547 g/mol. The fraction of sp³-hybridized carbons (Fsp3) is 0.0667. The van der Waals surface area contributed by atoms with Crippen molar-refractivity contribution in [2.24, 2.45) is 0 Å². The Morgan fingerprint density at radius 2 is 1.66 bits per heavy atom. The van der Waals surface area contributed by atoms with Crippen molar-refractivity contribution < 1.29 is 18.7 Å². The van der Waals surface area contributed by atoms with Crippen LogP contribution < -0.4 is 14.8 Å². The van der Waals surface area contributed by atoms with Crippen molar-refractivity contribution in [3.63, 3.8) is 0 Å². The summed E-state index contributed by atoms with van der Waals surface area (Å²) in [6, 6.07) is 26.9. The summed E-state index contributed by atoms with van der Waals surface area (Å²) in [5.74, 6) is 0.0784. The van der Waals surface area contributed by atoms with E-state index < -0.39 is 5.91 Å². The summed E-state index contributed by atoms with van der Waals surface area (Å²) in [6.07, 6.45) is 1.41. The Hall–Kier alpha value is -4.31. The van der Waals surface area contributed by atoms with Crippen LogP contribution >= 0.6 is 23.2 Å². The van der Waals surface area contributed by atoms with Crippen LogP contribution in [0.1, 0.15) is 16.7 Å². The molecule has 0 fully saturated rings. The molecular weight excluding hydrogens is 526 g/mol. The number of ether oxygens (including phenoxy) is 2. The minimum atomic E-state index is -0.596. The highest BCUT2D eigenvalue weighted by atomic mass is 35.5. The van der Waals surface area contributed by atoms with Crippen molar-refractivity contribution >= 4 is 40.9 Å². The highest BCUT2D eigenvalue weighted by molar-refractivity contribution is 6.31. The molecule has 0 heterocycles. The Morgan fingerprint density at radius 1 is 0.921 bits per heavy atom. The van der Waals surface area contributed by atoms with Gasteiger partial charge in [0.15, 0.2) is 0 Å². The Labute approximate surface area is 229 Å². The van der Waals surface area contributed by atoms with E-state index in [0.717, 1.165) is 11.1 Å². The zero-order chi connectivity index (χ0) is 26.9. The highest BCUT2D eigenvalue weighted by Gasteiger charge is 2.13. The summed E-state index contributed by atoms with van der Waals surface area (Å²) in [6.45, 7) is 0.472. The van der Waals surface area contributed by atoms with Gasteiger partial charge in [0.2, 0.25) is 0 Å². The quantitative estimate of drug-likeness (QED) is 0.171. The summed E-state index contributed by atoms with van der Waals surface area (Å²) in [5, 5.41) is 13.4. The van der Waals surface area contributed by atoms with Gasteiger partial charge in [-0.2, -0.15) is 5.26 Å². The van der Waals surface area contributed by atoms with Crippen molar-refractivity contribution in [2.75, 3.05) is 5.32 Å². The Kier molecular flexibility index (Phi) is 8.99. The standard InChI is InChI=1S/C30H21Cl2FN2O3/c31-24-7-14-29(38-18-20-5-8-25(33)9-6-20)22(16-24)15-23(17-34)30(36)35-26-10-12-27(13-11-26)37-19-21-3-1-2-4-28(21)32/h1-16H,18-19H2,(H,35,36)/b23-15+. The second kappa shape index (κ2) is 12.8. The van der Waals surface area contributed by atoms with Gasteiger partial charge < -0.3 is 14.8 Å². The van der Waals surface area contributed by atoms with E-state index in [9.17, 15) is 14.4 Å². The number of anilines is 1. The number of hydrogen-bond donors (Lipinski definition) is 1. The summed E-state index contributed by atoms with van der Waals surface area (Å²) in [4.78, 5) is 12.8. The zero-order valence-electron chi connectivity index (χ0n) is 20.0. The first-order chi connectivity index (χ1) is 18.4. The van der Waals surface area contributed by atoms with Crippen LogP contribution in [0.2, 0.25) is 10.0 Å². The first kappa shape index (κ1) is 26.7. The molecule has 0 aromatic heterocycles. The third-order valence-electron chi connectivity index (χ3n) is 5.41. The zero-order valence-corrected chi connectivity index (χ0v) is 21.5. The number of benzene rings is 4. The molecule has 0 bridgehead atoms. The van der Waals surface area contributed by atoms with Crippen LogP contribution in [0, 0.1) is 17.1 Å². The molecule has 0 saturated heterocycles. The number of amides is 1. The normalized spacial score (nSPS) is 10.9. The van der Waals surface area contributed by atoms with Crippen molar-refractivity contribution in [2.45, 2.75) is 13.2 Å². The lowest BCUT2D eigenvalue weighted by molar-refractivity contribution is -0.112. The van der Waals surface area contributed by atoms with Crippen LogP contribution in [0.3, 0.4) is 0 Å². The number of carbonyl (C=O) groups excluding carboxylic acids is 1. The molecule has 4 aromatic rings. The van der Waals surface area contributed by atoms with Gasteiger partial charge in [-0.25, -0.2) is 4.39 Å². The first-order valence-corrected chi connectivity index (χ1v) is 12.2. The molecule has 4 aromatic carbocycles. The van der Waals surface area contributed by atoms with Gasteiger partial charge in [0.1, 0.15) is 42.2 Å². The number of nitrogens with one attached hydrogen (secondary N) is 1. The predicted octanol–water partition coefficient (Wildman–Crippen LogP) is 7.84. The number of nitriles is 1. The molecule has 4 rings (SSSR count). The number of halogens is 3. The summed E-state index contributed by atoms with van der Waals surface area (Å²) >= 11 is 12.3. The Balaban J connectivity index is 1.43. The van der Waals surface area contributed by atoms with E-state index in [2.05, 4.69) is 5.32 Å². The van der Waals surface area contributed by atoms with E-state index in [0.29, 0.717) is 39.4 Å². The molecular formula is C30H21Cl2FN2O3. The number of rotatable bonds is 9. The fourth-order valence-corrected chi connectivity index (χ4v) is 3.79. The largest absolute Gasteiger partial charge is 0.489 e. The molecule has 0 saturated carbocycles. The predicted molar refractivity (Wildman–Crippen MR) is 147 cm³/mol. The summed E-state index contributed by atoms with van der Waals surface area (Å²) in [5.41, 5.74) is 2.42. The third-order valence-corrected chi connectivity index (χ3v) is 6.01. The molecule has 190 valence electrons. The maximum Gasteiger partial charge on any atom is 0.266 e. The minimum absolute atomic E-state index is 0.141. The summed E-state index contributed by atoms with van der Waals surface area (Å²) in [7, 11) is 0. The van der Waals surface area contributed by atoms with E-state index in [1.54, 1.807) is 60.7 Å². The number of nitrogens with zero attached hydrogens (tertiary/aromatic N) is 1. The van der Waals surface area contributed by atoms with E-state index in [-0.39, 0.29) is 18.0 Å². The van der Waals surface area contributed by atoms with Crippen LogP contribution in [0.5, 0.6) is 11.5 Å². The monoisotopic (exact) mass is 546 g/mol. The molecule has 0 aliphatic heterocycles. The maximum atomic E-state index is 13.2. The van der Waals surface area contributed by atoms with E-state index >= 15 is 0 Å². The third kappa shape index (κ3) is 7.36. The van der Waals surface area contributed by atoms with Gasteiger partial charge in [-0.05, 0) is 72.3 Å². The van der Waals surface area contributed by atoms with Crippen LogP contribution in [-0.2, 0) is 18.0 Å². The molecule has 0 spiro atoms. The molecule has 5 nitrogen and oxygen atoms in total. The van der Waals surface area contributed by atoms with Gasteiger partial charge in [-0.1, -0.05) is 53.5 Å². The average Bonchev–Trinajstić information content (AvgIpc) is 2.92. The van der Waals surface area contributed by atoms with E-state index in [1.165, 1.54) is 18.2 Å². The first-order valence-electron chi connectivity index (χ1n) is 11.5. The molecule has 8 heteroatoms.